The fourth-order valence-corrected chi connectivity index (χ4v) is 2.02. The van der Waals surface area contributed by atoms with Gasteiger partial charge in [0.2, 0.25) is 0 Å². The summed E-state index contributed by atoms with van der Waals surface area (Å²) in [5, 5.41) is 2.58. The molecule has 0 aromatic heterocycles. The number of carbonyl (C=O) groups excluding carboxylic acids is 2. The number of rotatable bonds is 6. The predicted octanol–water partition coefficient (Wildman–Crippen LogP) is 3.46. The standard InChI is InChI=1S/C20H23NO3/c1-20(2,3)18(22)13-21-19(23)14-24-17-11-9-16(10-12-17)15-7-5-4-6-8-15/h4-12H,13-14H2,1-3H3,(H,21,23). The van der Waals surface area contributed by atoms with Crippen molar-refractivity contribution in [3.8, 4) is 16.9 Å². The Bertz CT molecular complexity index is 685. The van der Waals surface area contributed by atoms with Crippen LogP contribution in [0.15, 0.2) is 54.6 Å². The molecule has 4 nitrogen and oxygen atoms in total. The van der Waals surface area contributed by atoms with Gasteiger partial charge < -0.3 is 10.1 Å². The van der Waals surface area contributed by atoms with E-state index < -0.39 is 5.41 Å². The van der Waals surface area contributed by atoms with E-state index in [1.54, 1.807) is 0 Å². The second kappa shape index (κ2) is 7.77. The number of amides is 1. The van der Waals surface area contributed by atoms with Crippen molar-refractivity contribution >= 4 is 11.7 Å². The molecule has 0 aliphatic rings. The van der Waals surface area contributed by atoms with Crippen LogP contribution < -0.4 is 10.1 Å². The predicted molar refractivity (Wildman–Crippen MR) is 94.8 cm³/mol. The molecule has 0 radical (unpaired) electrons. The number of carbonyl (C=O) groups is 2. The lowest BCUT2D eigenvalue weighted by Gasteiger charge is -2.16. The van der Waals surface area contributed by atoms with Gasteiger partial charge in [0.1, 0.15) is 5.75 Å². The van der Waals surface area contributed by atoms with Crippen LogP contribution in [-0.2, 0) is 9.59 Å². The van der Waals surface area contributed by atoms with Gasteiger partial charge in [-0.25, -0.2) is 0 Å². The number of nitrogens with one attached hydrogen (secondary N) is 1. The number of hydrogen-bond acceptors (Lipinski definition) is 3. The van der Waals surface area contributed by atoms with Crippen LogP contribution in [-0.4, -0.2) is 24.8 Å². The molecule has 2 rings (SSSR count). The maximum absolute atomic E-state index is 11.8. The van der Waals surface area contributed by atoms with E-state index >= 15 is 0 Å². The monoisotopic (exact) mass is 325 g/mol. The van der Waals surface area contributed by atoms with Crippen molar-refractivity contribution in [1.82, 2.24) is 5.32 Å². The zero-order chi connectivity index (χ0) is 17.6. The summed E-state index contributed by atoms with van der Waals surface area (Å²) in [7, 11) is 0. The van der Waals surface area contributed by atoms with Crippen LogP contribution in [0.2, 0.25) is 0 Å². The number of hydrogen-bond donors (Lipinski definition) is 1. The molecular formula is C20H23NO3. The van der Waals surface area contributed by atoms with Gasteiger partial charge >= 0.3 is 0 Å². The fraction of sp³-hybridized carbons (Fsp3) is 0.300. The van der Waals surface area contributed by atoms with Gasteiger partial charge in [-0.15, -0.1) is 0 Å². The molecule has 0 saturated heterocycles. The molecule has 4 heteroatoms. The maximum Gasteiger partial charge on any atom is 0.258 e. The van der Waals surface area contributed by atoms with Gasteiger partial charge in [0.15, 0.2) is 12.4 Å². The van der Waals surface area contributed by atoms with Gasteiger partial charge in [0.05, 0.1) is 6.54 Å². The highest BCUT2D eigenvalue weighted by atomic mass is 16.5. The van der Waals surface area contributed by atoms with Crippen LogP contribution in [0, 0.1) is 5.41 Å². The van der Waals surface area contributed by atoms with E-state index in [2.05, 4.69) is 5.32 Å². The van der Waals surface area contributed by atoms with Crippen LogP contribution in [0.1, 0.15) is 20.8 Å². The topological polar surface area (TPSA) is 55.4 Å². The van der Waals surface area contributed by atoms with Gasteiger partial charge in [0.25, 0.3) is 5.91 Å². The molecule has 0 heterocycles. The Balaban J connectivity index is 1.82. The molecule has 0 atom stereocenters. The molecule has 1 amide bonds. The summed E-state index contributed by atoms with van der Waals surface area (Å²) in [6.45, 7) is 5.39. The highest BCUT2D eigenvalue weighted by Gasteiger charge is 2.21. The van der Waals surface area contributed by atoms with Crippen molar-refractivity contribution in [2.75, 3.05) is 13.2 Å². The Morgan fingerprint density at radius 3 is 2.08 bits per heavy atom. The first-order chi connectivity index (χ1) is 11.4. The van der Waals surface area contributed by atoms with E-state index in [0.717, 1.165) is 11.1 Å². The molecule has 0 aliphatic heterocycles. The third-order valence-electron chi connectivity index (χ3n) is 3.61. The van der Waals surface area contributed by atoms with Crippen molar-refractivity contribution in [1.29, 1.82) is 0 Å². The largest absolute Gasteiger partial charge is 0.484 e. The van der Waals surface area contributed by atoms with Gasteiger partial charge in [-0.2, -0.15) is 0 Å². The second-order valence-corrected chi connectivity index (χ2v) is 6.63. The third kappa shape index (κ3) is 5.23. The number of Topliss-reactive ketones (excluding diaryl/α,β-unsaturated/α-hetero) is 1. The van der Waals surface area contributed by atoms with Crippen LogP contribution in [0.4, 0.5) is 0 Å². The van der Waals surface area contributed by atoms with E-state index in [1.165, 1.54) is 0 Å². The smallest absolute Gasteiger partial charge is 0.258 e. The molecule has 0 unspecified atom stereocenters. The highest BCUT2D eigenvalue weighted by Crippen LogP contribution is 2.22. The molecule has 0 saturated carbocycles. The van der Waals surface area contributed by atoms with Gasteiger partial charge in [0, 0.05) is 5.41 Å². The maximum atomic E-state index is 11.8. The van der Waals surface area contributed by atoms with E-state index in [4.69, 9.17) is 4.74 Å². The van der Waals surface area contributed by atoms with E-state index in [0.29, 0.717) is 5.75 Å². The van der Waals surface area contributed by atoms with Crippen molar-refractivity contribution < 1.29 is 14.3 Å². The zero-order valence-electron chi connectivity index (χ0n) is 14.3. The summed E-state index contributed by atoms with van der Waals surface area (Å²) in [6.07, 6.45) is 0. The van der Waals surface area contributed by atoms with Gasteiger partial charge in [-0.3, -0.25) is 9.59 Å². The Hall–Kier alpha value is -2.62. The lowest BCUT2D eigenvalue weighted by molar-refractivity contribution is -0.129. The van der Waals surface area contributed by atoms with Crippen molar-refractivity contribution in [3.63, 3.8) is 0 Å². The van der Waals surface area contributed by atoms with E-state index in [9.17, 15) is 9.59 Å². The van der Waals surface area contributed by atoms with Crippen molar-refractivity contribution in [2.45, 2.75) is 20.8 Å². The Morgan fingerprint density at radius 1 is 0.917 bits per heavy atom. The molecule has 2 aromatic carbocycles. The first kappa shape index (κ1) is 17.7. The summed E-state index contributed by atoms with van der Waals surface area (Å²) in [5.41, 5.74) is 1.76. The summed E-state index contributed by atoms with van der Waals surface area (Å²) in [6, 6.07) is 17.6. The highest BCUT2D eigenvalue weighted by molar-refractivity contribution is 5.89. The summed E-state index contributed by atoms with van der Waals surface area (Å²) >= 11 is 0. The number of benzene rings is 2. The molecule has 0 bridgehead atoms. The zero-order valence-corrected chi connectivity index (χ0v) is 14.3. The minimum atomic E-state index is -0.457. The number of ether oxygens (including phenoxy) is 1. The van der Waals surface area contributed by atoms with Crippen molar-refractivity contribution in [2.24, 2.45) is 5.41 Å². The Kier molecular flexibility index (Phi) is 5.74. The van der Waals surface area contributed by atoms with Gasteiger partial charge in [-0.05, 0) is 23.3 Å². The summed E-state index contributed by atoms with van der Waals surface area (Å²) in [5.74, 6) is 0.301. The van der Waals surface area contributed by atoms with Crippen LogP contribution in [0.25, 0.3) is 11.1 Å². The van der Waals surface area contributed by atoms with E-state index in [-0.39, 0.29) is 24.8 Å². The molecule has 24 heavy (non-hydrogen) atoms. The van der Waals surface area contributed by atoms with Gasteiger partial charge in [-0.1, -0.05) is 63.2 Å². The van der Waals surface area contributed by atoms with Crippen molar-refractivity contribution in [3.05, 3.63) is 54.6 Å². The van der Waals surface area contributed by atoms with Crippen LogP contribution >= 0.6 is 0 Å². The van der Waals surface area contributed by atoms with Crippen LogP contribution in [0.5, 0.6) is 5.75 Å². The lowest BCUT2D eigenvalue weighted by Crippen LogP contribution is -2.37. The molecular weight excluding hydrogens is 302 g/mol. The SMILES string of the molecule is CC(C)(C)C(=O)CNC(=O)COc1ccc(-c2ccccc2)cc1. The summed E-state index contributed by atoms with van der Waals surface area (Å²) < 4.78 is 5.45. The lowest BCUT2D eigenvalue weighted by atomic mass is 9.91. The molecule has 1 N–H and O–H groups in total. The number of ketones is 1. The Morgan fingerprint density at radius 2 is 1.50 bits per heavy atom. The Labute approximate surface area is 142 Å². The first-order valence-corrected chi connectivity index (χ1v) is 7.94. The first-order valence-electron chi connectivity index (χ1n) is 7.94. The quantitative estimate of drug-likeness (QED) is 0.885. The third-order valence-corrected chi connectivity index (χ3v) is 3.61. The minimum Gasteiger partial charge on any atom is -0.484 e. The molecule has 0 aliphatic carbocycles. The fourth-order valence-electron chi connectivity index (χ4n) is 2.02. The minimum absolute atomic E-state index is 0.0111. The second-order valence-electron chi connectivity index (χ2n) is 6.63. The average molecular weight is 325 g/mol. The van der Waals surface area contributed by atoms with Crippen LogP contribution in [0.3, 0.4) is 0 Å². The molecule has 126 valence electrons. The summed E-state index contributed by atoms with van der Waals surface area (Å²) in [4.78, 5) is 23.5. The average Bonchev–Trinajstić information content (AvgIpc) is 2.58. The van der Waals surface area contributed by atoms with E-state index in [1.807, 2.05) is 75.4 Å². The molecule has 0 spiro atoms. The molecule has 0 fully saturated rings. The normalized spacial score (nSPS) is 11.0. The molecule has 2 aromatic rings.